The zero-order valence-corrected chi connectivity index (χ0v) is 18.9. The van der Waals surface area contributed by atoms with Crippen LogP contribution in [-0.4, -0.2) is 40.3 Å². The largest absolute Gasteiger partial charge is 0.481 e. The highest BCUT2D eigenvalue weighted by atomic mass is 32.2. The van der Waals surface area contributed by atoms with Crippen molar-refractivity contribution in [1.82, 2.24) is 19.3 Å². The lowest BCUT2D eigenvalue weighted by Gasteiger charge is -2.18. The van der Waals surface area contributed by atoms with Crippen LogP contribution in [0.2, 0.25) is 0 Å². The van der Waals surface area contributed by atoms with Gasteiger partial charge in [-0.1, -0.05) is 6.92 Å². The van der Waals surface area contributed by atoms with Crippen molar-refractivity contribution >= 4 is 21.5 Å². The minimum Gasteiger partial charge on any atom is -0.481 e. The summed E-state index contributed by atoms with van der Waals surface area (Å²) in [4.78, 5) is 15.3. The number of fused-ring (bicyclic) bond motifs is 1. The van der Waals surface area contributed by atoms with Gasteiger partial charge in [-0.3, -0.25) is 9.78 Å². The Morgan fingerprint density at radius 3 is 2.65 bits per heavy atom. The van der Waals surface area contributed by atoms with Crippen molar-refractivity contribution in [3.63, 3.8) is 0 Å². The Morgan fingerprint density at radius 1 is 1.23 bits per heavy atom. The Bertz CT molecular complexity index is 1200. The van der Waals surface area contributed by atoms with E-state index in [9.17, 15) is 13.2 Å². The maximum Gasteiger partial charge on any atom is 0.303 e. The SMILES string of the molecule is CCc1ccc2c(-c3cncc(C)c3)c(CCCCC(=O)O)c(CNS(C)(=O)=O)nn12. The number of rotatable bonds is 10. The van der Waals surface area contributed by atoms with Crippen molar-refractivity contribution in [2.24, 2.45) is 0 Å². The molecule has 0 saturated carbocycles. The quantitative estimate of drug-likeness (QED) is 0.465. The van der Waals surface area contributed by atoms with Crippen LogP contribution in [-0.2, 0) is 34.2 Å². The molecule has 3 heterocycles. The van der Waals surface area contributed by atoms with Gasteiger partial charge in [-0.05, 0) is 61.9 Å². The number of carboxylic acid groups (broad SMARTS) is 1. The normalized spacial score (nSPS) is 11.8. The third kappa shape index (κ3) is 5.68. The Balaban J connectivity index is 2.19. The molecule has 0 spiro atoms. The molecule has 0 fully saturated rings. The molecule has 2 N–H and O–H groups in total. The number of aromatic nitrogens is 3. The lowest BCUT2D eigenvalue weighted by molar-refractivity contribution is -0.137. The van der Waals surface area contributed by atoms with E-state index < -0.39 is 16.0 Å². The molecule has 31 heavy (non-hydrogen) atoms. The summed E-state index contributed by atoms with van der Waals surface area (Å²) in [5.74, 6) is -0.824. The van der Waals surface area contributed by atoms with Gasteiger partial charge in [0.25, 0.3) is 0 Å². The van der Waals surface area contributed by atoms with Crippen molar-refractivity contribution in [3.8, 4) is 11.1 Å². The number of aliphatic carboxylic acids is 1. The highest BCUT2D eigenvalue weighted by Gasteiger charge is 2.19. The summed E-state index contributed by atoms with van der Waals surface area (Å²) in [6.45, 7) is 4.09. The van der Waals surface area contributed by atoms with Crippen LogP contribution in [0.3, 0.4) is 0 Å². The highest BCUT2D eigenvalue weighted by Crippen LogP contribution is 2.33. The van der Waals surface area contributed by atoms with Gasteiger partial charge in [-0.25, -0.2) is 17.7 Å². The van der Waals surface area contributed by atoms with E-state index in [2.05, 4.69) is 15.8 Å². The fourth-order valence-electron chi connectivity index (χ4n) is 3.73. The Morgan fingerprint density at radius 2 is 2.00 bits per heavy atom. The summed E-state index contributed by atoms with van der Waals surface area (Å²) in [6, 6.07) is 6.10. The standard InChI is InChI=1S/C22H28N4O4S/c1-4-17-9-10-20-22(16-11-15(2)12-23-13-16)18(7-5-6-8-21(27)28)19(25-26(17)20)14-24-31(3,29)30/h9-13,24H,4-8,14H2,1-3H3,(H,27,28). The lowest BCUT2D eigenvalue weighted by atomic mass is 9.94. The van der Waals surface area contributed by atoms with Crippen LogP contribution in [0.4, 0.5) is 0 Å². The minimum absolute atomic E-state index is 0.0661. The van der Waals surface area contributed by atoms with Gasteiger partial charge < -0.3 is 5.11 Å². The van der Waals surface area contributed by atoms with E-state index in [1.165, 1.54) is 0 Å². The average molecular weight is 445 g/mol. The minimum atomic E-state index is -3.40. The van der Waals surface area contributed by atoms with Gasteiger partial charge in [-0.2, -0.15) is 5.10 Å². The number of unbranched alkanes of at least 4 members (excludes halogenated alkanes) is 1. The zero-order chi connectivity index (χ0) is 22.6. The average Bonchev–Trinajstić information content (AvgIpc) is 3.10. The fraction of sp³-hybridized carbons (Fsp3) is 0.409. The van der Waals surface area contributed by atoms with Gasteiger partial charge in [0.15, 0.2) is 0 Å². The van der Waals surface area contributed by atoms with Crippen LogP contribution in [0.1, 0.15) is 48.7 Å². The number of hydrogen-bond acceptors (Lipinski definition) is 5. The number of carbonyl (C=O) groups is 1. The maximum absolute atomic E-state index is 11.8. The Labute approximate surface area is 182 Å². The molecule has 0 bridgehead atoms. The van der Waals surface area contributed by atoms with Crippen LogP contribution in [0.5, 0.6) is 0 Å². The summed E-state index contributed by atoms with van der Waals surface area (Å²) in [6.07, 6.45) is 7.37. The van der Waals surface area contributed by atoms with Gasteiger partial charge in [0.2, 0.25) is 10.0 Å². The summed E-state index contributed by atoms with van der Waals surface area (Å²) < 4.78 is 28.0. The van der Waals surface area contributed by atoms with E-state index in [1.807, 2.05) is 30.5 Å². The molecule has 3 aromatic heterocycles. The molecule has 166 valence electrons. The lowest BCUT2D eigenvalue weighted by Crippen LogP contribution is -2.24. The van der Waals surface area contributed by atoms with Crippen LogP contribution >= 0.6 is 0 Å². The number of aryl methyl sites for hydroxylation is 2. The van der Waals surface area contributed by atoms with Crippen LogP contribution in [0, 0.1) is 6.92 Å². The van der Waals surface area contributed by atoms with Crippen LogP contribution < -0.4 is 4.72 Å². The van der Waals surface area contributed by atoms with E-state index >= 15 is 0 Å². The molecule has 3 aromatic rings. The molecule has 0 unspecified atom stereocenters. The summed E-state index contributed by atoms with van der Waals surface area (Å²) >= 11 is 0. The van der Waals surface area contributed by atoms with Gasteiger partial charge in [0, 0.05) is 35.6 Å². The number of nitrogens with zero attached hydrogens (tertiary/aromatic N) is 3. The smallest absolute Gasteiger partial charge is 0.303 e. The molecule has 0 radical (unpaired) electrons. The van der Waals surface area contributed by atoms with Crippen molar-refractivity contribution in [3.05, 3.63) is 53.1 Å². The second kappa shape index (κ2) is 9.57. The van der Waals surface area contributed by atoms with Gasteiger partial charge in [0.1, 0.15) is 0 Å². The third-order valence-electron chi connectivity index (χ3n) is 5.16. The molecule has 0 saturated heterocycles. The third-order valence-corrected chi connectivity index (χ3v) is 5.82. The topological polar surface area (TPSA) is 114 Å². The first-order valence-corrected chi connectivity index (χ1v) is 12.2. The van der Waals surface area contributed by atoms with Crippen molar-refractivity contribution < 1.29 is 18.3 Å². The van der Waals surface area contributed by atoms with Crippen molar-refractivity contribution in [1.29, 1.82) is 0 Å². The predicted octanol–water partition coefficient (Wildman–Crippen LogP) is 3.11. The molecule has 0 atom stereocenters. The van der Waals surface area contributed by atoms with E-state index in [1.54, 1.807) is 12.4 Å². The summed E-state index contributed by atoms with van der Waals surface area (Å²) in [7, 11) is -3.40. The zero-order valence-electron chi connectivity index (χ0n) is 18.1. The van der Waals surface area contributed by atoms with E-state index in [4.69, 9.17) is 10.2 Å². The summed E-state index contributed by atoms with van der Waals surface area (Å²) in [5, 5.41) is 13.8. The van der Waals surface area contributed by atoms with Crippen molar-refractivity contribution in [2.45, 2.75) is 52.5 Å². The molecule has 0 aliphatic heterocycles. The molecule has 8 nitrogen and oxygen atoms in total. The van der Waals surface area contributed by atoms with E-state index in [0.29, 0.717) is 25.0 Å². The van der Waals surface area contributed by atoms with Gasteiger partial charge >= 0.3 is 5.97 Å². The van der Waals surface area contributed by atoms with E-state index in [0.717, 1.165) is 46.1 Å². The van der Waals surface area contributed by atoms with Crippen LogP contribution in [0.15, 0.2) is 30.6 Å². The molecule has 9 heteroatoms. The second-order valence-corrected chi connectivity index (χ2v) is 9.55. The molecular weight excluding hydrogens is 416 g/mol. The monoisotopic (exact) mass is 444 g/mol. The molecular formula is C22H28N4O4S. The molecule has 0 aliphatic rings. The first-order valence-electron chi connectivity index (χ1n) is 10.3. The van der Waals surface area contributed by atoms with Crippen molar-refractivity contribution in [2.75, 3.05) is 6.26 Å². The molecule has 0 amide bonds. The van der Waals surface area contributed by atoms with E-state index in [-0.39, 0.29) is 13.0 Å². The predicted molar refractivity (Wildman–Crippen MR) is 119 cm³/mol. The highest BCUT2D eigenvalue weighted by molar-refractivity contribution is 7.88. The molecule has 0 aliphatic carbocycles. The van der Waals surface area contributed by atoms with Crippen LogP contribution in [0.25, 0.3) is 16.6 Å². The number of carboxylic acids is 1. The molecule has 3 rings (SSSR count). The molecule has 0 aromatic carbocycles. The number of nitrogens with one attached hydrogen (secondary N) is 1. The van der Waals surface area contributed by atoms with Gasteiger partial charge in [0.05, 0.1) is 24.0 Å². The number of hydrogen-bond donors (Lipinski definition) is 2. The number of sulfonamides is 1. The Hall–Kier alpha value is -2.78. The number of pyridine rings is 1. The fourth-order valence-corrected chi connectivity index (χ4v) is 4.13. The first kappa shape index (κ1) is 22.9. The second-order valence-electron chi connectivity index (χ2n) is 7.72. The Kier molecular flexibility index (Phi) is 7.07. The van der Waals surface area contributed by atoms with Gasteiger partial charge in [-0.15, -0.1) is 0 Å². The first-order chi connectivity index (χ1) is 14.7. The summed E-state index contributed by atoms with van der Waals surface area (Å²) in [5.41, 5.74) is 6.42. The maximum atomic E-state index is 11.8.